The zero-order valence-electron chi connectivity index (χ0n) is 21.2. The minimum atomic E-state index is -0.784. The summed E-state index contributed by atoms with van der Waals surface area (Å²) in [5, 5.41) is 11.6. The molecule has 6 heteroatoms. The Morgan fingerprint density at radius 1 is 1.03 bits per heavy atom. The van der Waals surface area contributed by atoms with Crippen LogP contribution in [0.15, 0.2) is 72.3 Å². The number of ether oxygens (including phenoxy) is 2. The molecule has 0 spiro atoms. The number of hydrogen-bond acceptors (Lipinski definition) is 5. The molecule has 0 aromatic heterocycles. The lowest BCUT2D eigenvalue weighted by atomic mass is 9.91. The van der Waals surface area contributed by atoms with Crippen LogP contribution in [0.5, 0.6) is 11.5 Å². The number of aliphatic hydroxyl groups excluding tert-OH is 1. The molecule has 36 heavy (non-hydrogen) atoms. The van der Waals surface area contributed by atoms with Crippen LogP contribution in [0, 0.1) is 6.92 Å². The van der Waals surface area contributed by atoms with Crippen molar-refractivity contribution in [1.29, 1.82) is 0 Å². The van der Waals surface area contributed by atoms with Gasteiger partial charge in [-0.15, -0.1) is 0 Å². The molecule has 1 heterocycles. The normalized spacial score (nSPS) is 17.1. The third-order valence-electron chi connectivity index (χ3n) is 6.44. The Morgan fingerprint density at radius 2 is 1.69 bits per heavy atom. The van der Waals surface area contributed by atoms with Gasteiger partial charge in [-0.3, -0.25) is 14.5 Å². The molecule has 0 aliphatic carbocycles. The molecule has 1 unspecified atom stereocenters. The van der Waals surface area contributed by atoms with Gasteiger partial charge in [0.2, 0.25) is 0 Å². The number of carbonyl (C=O) groups excluding carboxylic acids is 2. The van der Waals surface area contributed by atoms with Gasteiger partial charge in [0.15, 0.2) is 0 Å². The first kappa shape index (κ1) is 25.0. The van der Waals surface area contributed by atoms with Gasteiger partial charge in [-0.1, -0.05) is 44.2 Å². The SMILES string of the molecule is CCOc1ccc(N2C(=O)C(=O)/C(=C(/O)c3cc(C(C)C)c(OC)cc3C)C2c2ccccc2)cc1. The first-order chi connectivity index (χ1) is 17.3. The van der Waals surface area contributed by atoms with E-state index in [0.29, 0.717) is 29.4 Å². The molecule has 4 rings (SSSR count). The van der Waals surface area contributed by atoms with Crippen LogP contribution in [0.2, 0.25) is 0 Å². The van der Waals surface area contributed by atoms with Gasteiger partial charge < -0.3 is 14.6 Å². The topological polar surface area (TPSA) is 76.1 Å². The highest BCUT2D eigenvalue weighted by molar-refractivity contribution is 6.51. The first-order valence-electron chi connectivity index (χ1n) is 12.1. The molecule has 1 saturated heterocycles. The second-order valence-corrected chi connectivity index (χ2v) is 9.07. The highest BCUT2D eigenvalue weighted by Gasteiger charge is 2.47. The third-order valence-corrected chi connectivity index (χ3v) is 6.44. The Kier molecular flexibility index (Phi) is 7.15. The lowest BCUT2D eigenvalue weighted by Gasteiger charge is -2.26. The molecule has 1 aliphatic rings. The lowest BCUT2D eigenvalue weighted by molar-refractivity contribution is -0.132. The van der Waals surface area contributed by atoms with E-state index in [9.17, 15) is 14.7 Å². The zero-order valence-corrected chi connectivity index (χ0v) is 21.2. The molecule has 3 aromatic carbocycles. The number of nitrogens with zero attached hydrogens (tertiary/aromatic N) is 1. The summed E-state index contributed by atoms with van der Waals surface area (Å²) in [6, 6.07) is 19.2. The monoisotopic (exact) mass is 485 g/mol. The molecule has 1 aliphatic heterocycles. The van der Waals surface area contributed by atoms with E-state index >= 15 is 0 Å². The number of aliphatic hydroxyl groups is 1. The summed E-state index contributed by atoms with van der Waals surface area (Å²) in [6.07, 6.45) is 0. The number of carbonyl (C=O) groups is 2. The number of aryl methyl sites for hydroxylation is 1. The van der Waals surface area contributed by atoms with E-state index in [1.165, 1.54) is 4.90 Å². The highest BCUT2D eigenvalue weighted by Crippen LogP contribution is 2.43. The van der Waals surface area contributed by atoms with Crippen molar-refractivity contribution in [1.82, 2.24) is 0 Å². The van der Waals surface area contributed by atoms with Gasteiger partial charge in [0.25, 0.3) is 11.7 Å². The van der Waals surface area contributed by atoms with Crippen molar-refractivity contribution in [3.8, 4) is 11.5 Å². The van der Waals surface area contributed by atoms with Crippen LogP contribution < -0.4 is 14.4 Å². The highest BCUT2D eigenvalue weighted by atomic mass is 16.5. The Bertz CT molecular complexity index is 1310. The van der Waals surface area contributed by atoms with Crippen molar-refractivity contribution in [3.05, 3.63) is 94.6 Å². The summed E-state index contributed by atoms with van der Waals surface area (Å²) >= 11 is 0. The van der Waals surface area contributed by atoms with Gasteiger partial charge >= 0.3 is 0 Å². The standard InChI is InChI=1S/C30H31NO5/c1-6-36-22-14-12-21(13-15-22)31-27(20-10-8-7-9-11-20)26(29(33)30(31)34)28(32)24-17-23(18(2)3)25(35-5)16-19(24)4/h7-18,27,32H,6H2,1-5H3/b28-26+. The molecule has 1 fully saturated rings. The molecule has 186 valence electrons. The molecule has 6 nitrogen and oxygen atoms in total. The van der Waals surface area contributed by atoms with Gasteiger partial charge in [0, 0.05) is 11.3 Å². The Labute approximate surface area is 211 Å². The molecular weight excluding hydrogens is 454 g/mol. The maximum absolute atomic E-state index is 13.5. The van der Waals surface area contributed by atoms with Crippen LogP contribution in [0.3, 0.4) is 0 Å². The van der Waals surface area contributed by atoms with E-state index in [1.54, 1.807) is 31.4 Å². The van der Waals surface area contributed by atoms with Crippen LogP contribution in [0.4, 0.5) is 5.69 Å². The minimum absolute atomic E-state index is 0.0584. The molecular formula is C30H31NO5. The predicted molar refractivity (Wildman–Crippen MR) is 141 cm³/mol. The van der Waals surface area contributed by atoms with Gasteiger partial charge in [-0.25, -0.2) is 0 Å². The Hall–Kier alpha value is -4.06. The fourth-order valence-electron chi connectivity index (χ4n) is 4.65. The fraction of sp³-hybridized carbons (Fsp3) is 0.267. The molecule has 0 saturated carbocycles. The maximum atomic E-state index is 13.5. The Morgan fingerprint density at radius 3 is 2.28 bits per heavy atom. The average molecular weight is 486 g/mol. The second-order valence-electron chi connectivity index (χ2n) is 9.07. The fourth-order valence-corrected chi connectivity index (χ4v) is 4.65. The quantitative estimate of drug-likeness (QED) is 0.247. The van der Waals surface area contributed by atoms with E-state index in [-0.39, 0.29) is 17.3 Å². The van der Waals surface area contributed by atoms with E-state index in [2.05, 4.69) is 0 Å². The van der Waals surface area contributed by atoms with Crippen molar-refractivity contribution >= 4 is 23.1 Å². The summed E-state index contributed by atoms with van der Waals surface area (Å²) in [5.74, 6) is -0.0972. The van der Waals surface area contributed by atoms with Crippen LogP contribution in [-0.2, 0) is 9.59 Å². The number of benzene rings is 3. The van der Waals surface area contributed by atoms with Crippen LogP contribution in [0.1, 0.15) is 55.0 Å². The van der Waals surface area contributed by atoms with Crippen LogP contribution in [-0.4, -0.2) is 30.5 Å². The van der Waals surface area contributed by atoms with Gasteiger partial charge in [0.05, 0.1) is 25.3 Å². The van der Waals surface area contributed by atoms with Crippen molar-refractivity contribution in [2.75, 3.05) is 18.6 Å². The van der Waals surface area contributed by atoms with E-state index < -0.39 is 17.7 Å². The predicted octanol–water partition coefficient (Wildman–Crippen LogP) is 6.15. The van der Waals surface area contributed by atoms with Gasteiger partial charge in [-0.05, 0) is 72.9 Å². The summed E-state index contributed by atoms with van der Waals surface area (Å²) in [6.45, 7) is 8.33. The summed E-state index contributed by atoms with van der Waals surface area (Å²) < 4.78 is 11.1. The van der Waals surface area contributed by atoms with Gasteiger partial charge in [0.1, 0.15) is 17.3 Å². The van der Waals surface area contributed by atoms with Crippen molar-refractivity contribution < 1.29 is 24.2 Å². The molecule has 1 amide bonds. The number of ketones is 1. The number of hydrogen-bond donors (Lipinski definition) is 1. The molecule has 3 aromatic rings. The molecule has 0 bridgehead atoms. The summed E-state index contributed by atoms with van der Waals surface area (Å²) in [5.41, 5.74) is 3.48. The number of methoxy groups -OCH3 is 1. The largest absolute Gasteiger partial charge is 0.507 e. The maximum Gasteiger partial charge on any atom is 0.300 e. The van der Waals surface area contributed by atoms with Crippen molar-refractivity contribution in [2.24, 2.45) is 0 Å². The number of Topliss-reactive ketones (excluding diaryl/α,β-unsaturated/α-hetero) is 1. The lowest BCUT2D eigenvalue weighted by Crippen LogP contribution is -2.29. The zero-order chi connectivity index (χ0) is 26.0. The molecule has 1 atom stereocenters. The number of amides is 1. The van der Waals surface area contributed by atoms with E-state index in [0.717, 1.165) is 16.7 Å². The summed E-state index contributed by atoms with van der Waals surface area (Å²) in [4.78, 5) is 28.3. The summed E-state index contributed by atoms with van der Waals surface area (Å²) in [7, 11) is 1.61. The van der Waals surface area contributed by atoms with Gasteiger partial charge in [-0.2, -0.15) is 0 Å². The van der Waals surface area contributed by atoms with Crippen molar-refractivity contribution in [3.63, 3.8) is 0 Å². The molecule has 1 N–H and O–H groups in total. The van der Waals surface area contributed by atoms with Crippen LogP contribution >= 0.6 is 0 Å². The minimum Gasteiger partial charge on any atom is -0.507 e. The molecule has 0 radical (unpaired) electrons. The second kappa shape index (κ2) is 10.3. The third kappa shape index (κ3) is 4.47. The van der Waals surface area contributed by atoms with E-state index in [4.69, 9.17) is 9.47 Å². The Balaban J connectivity index is 1.92. The number of rotatable bonds is 7. The first-order valence-corrected chi connectivity index (χ1v) is 12.1. The van der Waals surface area contributed by atoms with Crippen LogP contribution in [0.25, 0.3) is 5.76 Å². The van der Waals surface area contributed by atoms with Crippen molar-refractivity contribution in [2.45, 2.75) is 39.7 Å². The number of anilines is 1. The van der Waals surface area contributed by atoms with E-state index in [1.807, 2.05) is 70.2 Å². The smallest absolute Gasteiger partial charge is 0.300 e. The average Bonchev–Trinajstić information content (AvgIpc) is 3.14.